The second-order valence-electron chi connectivity index (χ2n) is 5.33. The standard InChI is InChI=1S/C14H22N2O3S/c1-11(16-9-12-3-2-8-19-10-12)13-4-6-14(7-5-13)20(15,17)18/h4-7,11-12,16H,2-3,8-10H2,1H3,(H2,15,17,18). The summed E-state index contributed by atoms with van der Waals surface area (Å²) in [6, 6.07) is 6.87. The van der Waals surface area contributed by atoms with Crippen molar-refractivity contribution in [3.63, 3.8) is 0 Å². The number of primary sulfonamides is 1. The van der Waals surface area contributed by atoms with Gasteiger partial charge in [-0.25, -0.2) is 13.6 Å². The third-order valence-electron chi connectivity index (χ3n) is 3.68. The zero-order chi connectivity index (χ0) is 14.6. The molecule has 0 amide bonds. The average molecular weight is 298 g/mol. The summed E-state index contributed by atoms with van der Waals surface area (Å²) in [5, 5.41) is 8.55. The van der Waals surface area contributed by atoms with Crippen LogP contribution in [0.15, 0.2) is 29.2 Å². The van der Waals surface area contributed by atoms with Crippen LogP contribution in [0, 0.1) is 5.92 Å². The lowest BCUT2D eigenvalue weighted by atomic mass is 10.0. The van der Waals surface area contributed by atoms with E-state index >= 15 is 0 Å². The average Bonchev–Trinajstić information content (AvgIpc) is 2.45. The highest BCUT2D eigenvalue weighted by atomic mass is 32.2. The molecule has 0 spiro atoms. The van der Waals surface area contributed by atoms with Gasteiger partial charge in [0.2, 0.25) is 10.0 Å². The first kappa shape index (κ1) is 15.4. The SMILES string of the molecule is CC(NCC1CCCOC1)c1ccc(S(N)(=O)=O)cc1. The number of benzene rings is 1. The van der Waals surface area contributed by atoms with Crippen LogP contribution in [0.4, 0.5) is 0 Å². The van der Waals surface area contributed by atoms with Gasteiger partial charge in [-0.15, -0.1) is 0 Å². The fraction of sp³-hybridized carbons (Fsp3) is 0.571. The molecule has 1 heterocycles. The molecule has 2 atom stereocenters. The van der Waals surface area contributed by atoms with Gasteiger partial charge in [-0.1, -0.05) is 12.1 Å². The minimum atomic E-state index is -3.61. The maximum atomic E-state index is 11.2. The first-order chi connectivity index (χ1) is 9.47. The topological polar surface area (TPSA) is 81.4 Å². The van der Waals surface area contributed by atoms with Gasteiger partial charge in [-0.05, 0) is 43.4 Å². The Morgan fingerprint density at radius 2 is 2.10 bits per heavy atom. The van der Waals surface area contributed by atoms with Crippen LogP contribution in [0.25, 0.3) is 0 Å². The summed E-state index contributed by atoms with van der Waals surface area (Å²) in [5.41, 5.74) is 1.05. The van der Waals surface area contributed by atoms with Crippen LogP contribution in [0.5, 0.6) is 0 Å². The fourth-order valence-corrected chi connectivity index (χ4v) is 2.89. The minimum absolute atomic E-state index is 0.147. The Morgan fingerprint density at radius 1 is 1.40 bits per heavy atom. The number of ether oxygens (including phenoxy) is 1. The summed E-state index contributed by atoms with van der Waals surface area (Å²) >= 11 is 0. The molecular formula is C14H22N2O3S. The number of nitrogens with two attached hydrogens (primary N) is 1. The summed E-state index contributed by atoms with van der Waals surface area (Å²) in [7, 11) is -3.61. The van der Waals surface area contributed by atoms with Crippen molar-refractivity contribution in [2.45, 2.75) is 30.7 Å². The van der Waals surface area contributed by atoms with Crippen LogP contribution in [0.3, 0.4) is 0 Å². The van der Waals surface area contributed by atoms with Crippen LogP contribution in [0.2, 0.25) is 0 Å². The molecule has 1 aromatic carbocycles. The third-order valence-corrected chi connectivity index (χ3v) is 4.61. The quantitative estimate of drug-likeness (QED) is 0.861. The highest BCUT2D eigenvalue weighted by molar-refractivity contribution is 7.89. The lowest BCUT2D eigenvalue weighted by molar-refractivity contribution is 0.0540. The molecule has 2 rings (SSSR count). The largest absolute Gasteiger partial charge is 0.381 e. The minimum Gasteiger partial charge on any atom is -0.381 e. The summed E-state index contributed by atoms with van der Waals surface area (Å²) in [4.78, 5) is 0.147. The summed E-state index contributed by atoms with van der Waals surface area (Å²) in [5.74, 6) is 0.565. The van der Waals surface area contributed by atoms with E-state index in [9.17, 15) is 8.42 Å². The fourth-order valence-electron chi connectivity index (χ4n) is 2.38. The second kappa shape index (κ2) is 6.67. The van der Waals surface area contributed by atoms with Gasteiger partial charge < -0.3 is 10.1 Å². The molecule has 1 aliphatic rings. The van der Waals surface area contributed by atoms with Crippen LogP contribution in [-0.2, 0) is 14.8 Å². The molecule has 0 saturated carbocycles. The molecule has 0 bridgehead atoms. The number of hydrogen-bond acceptors (Lipinski definition) is 4. The molecule has 1 fully saturated rings. The summed E-state index contributed by atoms with van der Waals surface area (Å²) in [6.07, 6.45) is 2.33. The van der Waals surface area contributed by atoms with E-state index in [0.717, 1.165) is 31.7 Å². The van der Waals surface area contributed by atoms with Gasteiger partial charge in [-0.2, -0.15) is 0 Å². The molecule has 112 valence electrons. The molecule has 6 heteroatoms. The Hall–Kier alpha value is -0.950. The zero-order valence-corrected chi connectivity index (χ0v) is 12.5. The number of nitrogens with one attached hydrogen (secondary N) is 1. The molecule has 0 aliphatic carbocycles. The van der Waals surface area contributed by atoms with E-state index in [1.165, 1.54) is 6.42 Å². The highest BCUT2D eigenvalue weighted by Gasteiger charge is 2.15. The van der Waals surface area contributed by atoms with Gasteiger partial charge >= 0.3 is 0 Å². The Labute approximate surface area is 120 Å². The van der Waals surface area contributed by atoms with E-state index in [-0.39, 0.29) is 10.9 Å². The number of hydrogen-bond donors (Lipinski definition) is 2. The maximum absolute atomic E-state index is 11.2. The van der Waals surface area contributed by atoms with Gasteiger partial charge in [0.05, 0.1) is 11.5 Å². The molecule has 0 radical (unpaired) electrons. The third kappa shape index (κ3) is 4.28. The van der Waals surface area contributed by atoms with Crippen LogP contribution < -0.4 is 10.5 Å². The van der Waals surface area contributed by atoms with E-state index in [2.05, 4.69) is 12.2 Å². The predicted octanol–water partition coefficient (Wildman–Crippen LogP) is 1.41. The molecule has 5 nitrogen and oxygen atoms in total. The van der Waals surface area contributed by atoms with Crippen molar-refractivity contribution in [3.8, 4) is 0 Å². The Kier molecular flexibility index (Phi) is 5.15. The number of sulfonamides is 1. The lowest BCUT2D eigenvalue weighted by Crippen LogP contribution is -2.30. The van der Waals surface area contributed by atoms with Crippen molar-refractivity contribution >= 4 is 10.0 Å². The molecular weight excluding hydrogens is 276 g/mol. The highest BCUT2D eigenvalue weighted by Crippen LogP contribution is 2.17. The normalized spacial score (nSPS) is 21.6. The maximum Gasteiger partial charge on any atom is 0.238 e. The first-order valence-corrected chi connectivity index (χ1v) is 8.45. The van der Waals surface area contributed by atoms with Crippen molar-refractivity contribution in [2.75, 3.05) is 19.8 Å². The zero-order valence-electron chi connectivity index (χ0n) is 11.7. The van der Waals surface area contributed by atoms with E-state index in [1.807, 2.05) is 0 Å². The van der Waals surface area contributed by atoms with Crippen molar-refractivity contribution in [1.29, 1.82) is 0 Å². The van der Waals surface area contributed by atoms with E-state index in [1.54, 1.807) is 24.3 Å². The van der Waals surface area contributed by atoms with Crippen LogP contribution in [0.1, 0.15) is 31.4 Å². The lowest BCUT2D eigenvalue weighted by Gasteiger charge is -2.24. The molecule has 20 heavy (non-hydrogen) atoms. The number of rotatable bonds is 5. The predicted molar refractivity (Wildman–Crippen MR) is 77.8 cm³/mol. The van der Waals surface area contributed by atoms with Gasteiger partial charge in [0, 0.05) is 19.2 Å². The molecule has 0 aromatic heterocycles. The summed E-state index contributed by atoms with van der Waals surface area (Å²) < 4.78 is 27.8. The van der Waals surface area contributed by atoms with E-state index in [0.29, 0.717) is 5.92 Å². The van der Waals surface area contributed by atoms with Crippen LogP contribution in [-0.4, -0.2) is 28.2 Å². The molecule has 1 aliphatic heterocycles. The van der Waals surface area contributed by atoms with Crippen molar-refractivity contribution in [3.05, 3.63) is 29.8 Å². The molecule has 1 aromatic rings. The van der Waals surface area contributed by atoms with Gasteiger partial charge in [0.15, 0.2) is 0 Å². The van der Waals surface area contributed by atoms with Crippen molar-refractivity contribution in [2.24, 2.45) is 11.1 Å². The van der Waals surface area contributed by atoms with Gasteiger partial charge in [-0.3, -0.25) is 0 Å². The molecule has 1 saturated heterocycles. The van der Waals surface area contributed by atoms with E-state index < -0.39 is 10.0 Å². The molecule has 3 N–H and O–H groups in total. The van der Waals surface area contributed by atoms with Crippen molar-refractivity contribution in [1.82, 2.24) is 5.32 Å². The Bertz CT molecular complexity index is 522. The van der Waals surface area contributed by atoms with Gasteiger partial charge in [0.25, 0.3) is 0 Å². The molecule has 2 unspecified atom stereocenters. The van der Waals surface area contributed by atoms with E-state index in [4.69, 9.17) is 9.88 Å². The van der Waals surface area contributed by atoms with Crippen LogP contribution >= 0.6 is 0 Å². The van der Waals surface area contributed by atoms with Gasteiger partial charge in [0.1, 0.15) is 0 Å². The smallest absolute Gasteiger partial charge is 0.238 e. The summed E-state index contributed by atoms with van der Waals surface area (Å²) in [6.45, 7) is 4.68. The van der Waals surface area contributed by atoms with Crippen molar-refractivity contribution < 1.29 is 13.2 Å². The monoisotopic (exact) mass is 298 g/mol. The Balaban J connectivity index is 1.90. The first-order valence-electron chi connectivity index (χ1n) is 6.90. The Morgan fingerprint density at radius 3 is 2.65 bits per heavy atom. The second-order valence-corrected chi connectivity index (χ2v) is 6.89.